The van der Waals surface area contributed by atoms with Gasteiger partial charge in [0.05, 0.1) is 28.6 Å². The molecule has 0 unspecified atom stereocenters. The summed E-state index contributed by atoms with van der Waals surface area (Å²) in [6, 6.07) is 11.8. The molecular formula is C20H19N3O2S. The summed E-state index contributed by atoms with van der Waals surface area (Å²) in [5.41, 5.74) is 4.63. The van der Waals surface area contributed by atoms with E-state index in [1.165, 1.54) is 11.3 Å². The van der Waals surface area contributed by atoms with Crippen LogP contribution in [0.4, 0.5) is 5.13 Å². The number of thiazole rings is 1. The molecule has 0 saturated carbocycles. The van der Waals surface area contributed by atoms with Crippen LogP contribution >= 0.6 is 11.3 Å². The molecule has 0 spiro atoms. The molecule has 5 nitrogen and oxygen atoms in total. The van der Waals surface area contributed by atoms with E-state index in [0.29, 0.717) is 17.2 Å². The maximum absolute atomic E-state index is 12.8. The summed E-state index contributed by atoms with van der Waals surface area (Å²) in [5.74, 6) is 0.723. The molecule has 4 rings (SSSR count). The van der Waals surface area contributed by atoms with Gasteiger partial charge in [-0.3, -0.25) is 10.1 Å². The van der Waals surface area contributed by atoms with Gasteiger partial charge in [0.2, 0.25) is 0 Å². The van der Waals surface area contributed by atoms with Crippen LogP contribution in [-0.2, 0) is 6.54 Å². The fourth-order valence-corrected chi connectivity index (χ4v) is 4.08. The Hall–Kier alpha value is -2.86. The molecule has 26 heavy (non-hydrogen) atoms. The number of carbonyl (C=O) groups is 1. The molecule has 3 aromatic heterocycles. The highest BCUT2D eigenvalue weighted by atomic mass is 32.1. The number of nitrogens with zero attached hydrogens (tertiary/aromatic N) is 2. The van der Waals surface area contributed by atoms with Crippen molar-refractivity contribution in [3.05, 3.63) is 70.9 Å². The molecule has 0 saturated heterocycles. The molecule has 4 aromatic rings. The van der Waals surface area contributed by atoms with Gasteiger partial charge >= 0.3 is 0 Å². The van der Waals surface area contributed by atoms with Crippen LogP contribution in [0.3, 0.4) is 0 Å². The van der Waals surface area contributed by atoms with Gasteiger partial charge in [-0.1, -0.05) is 23.5 Å². The van der Waals surface area contributed by atoms with Crippen LogP contribution in [-0.4, -0.2) is 15.5 Å². The van der Waals surface area contributed by atoms with E-state index in [2.05, 4.69) is 14.9 Å². The second-order valence-corrected chi connectivity index (χ2v) is 7.38. The van der Waals surface area contributed by atoms with Crippen molar-refractivity contribution in [2.24, 2.45) is 0 Å². The minimum Gasteiger partial charge on any atom is -0.467 e. The summed E-state index contributed by atoms with van der Waals surface area (Å²) in [6.07, 6.45) is 1.66. The van der Waals surface area contributed by atoms with E-state index in [0.717, 1.165) is 32.9 Å². The summed E-state index contributed by atoms with van der Waals surface area (Å²) in [4.78, 5) is 17.3. The van der Waals surface area contributed by atoms with E-state index in [4.69, 9.17) is 4.42 Å². The number of benzene rings is 1. The Morgan fingerprint density at radius 3 is 2.81 bits per heavy atom. The quantitative estimate of drug-likeness (QED) is 0.558. The molecule has 0 radical (unpaired) electrons. The van der Waals surface area contributed by atoms with Crippen LogP contribution in [0.2, 0.25) is 0 Å². The van der Waals surface area contributed by atoms with Crippen LogP contribution in [0.15, 0.2) is 47.1 Å². The fourth-order valence-electron chi connectivity index (χ4n) is 3.14. The summed E-state index contributed by atoms with van der Waals surface area (Å²) in [5, 5.41) is 3.57. The van der Waals surface area contributed by atoms with Crippen molar-refractivity contribution in [2.75, 3.05) is 5.32 Å². The molecule has 0 fully saturated rings. The number of anilines is 1. The Balaban J connectivity index is 1.60. The highest BCUT2D eigenvalue weighted by Crippen LogP contribution is 2.28. The lowest BCUT2D eigenvalue weighted by molar-refractivity contribution is 0.102. The highest BCUT2D eigenvalue weighted by Gasteiger charge is 2.18. The van der Waals surface area contributed by atoms with Gasteiger partial charge in [0, 0.05) is 11.4 Å². The average Bonchev–Trinajstić information content (AvgIpc) is 3.31. The van der Waals surface area contributed by atoms with Crippen molar-refractivity contribution in [2.45, 2.75) is 27.3 Å². The average molecular weight is 365 g/mol. The lowest BCUT2D eigenvalue weighted by Crippen LogP contribution is -2.13. The van der Waals surface area contributed by atoms with Crippen LogP contribution < -0.4 is 5.32 Å². The molecule has 0 aliphatic heterocycles. The first-order valence-corrected chi connectivity index (χ1v) is 9.21. The molecule has 0 aliphatic rings. The molecule has 1 N–H and O–H groups in total. The van der Waals surface area contributed by atoms with Crippen molar-refractivity contribution in [1.29, 1.82) is 0 Å². The SMILES string of the molecule is Cc1cccc2sc(NC(=O)c3cc(C)n(Cc4ccco4)c3C)nc12. The number of aromatic nitrogens is 2. The number of fused-ring (bicyclic) bond motifs is 1. The maximum atomic E-state index is 12.8. The second kappa shape index (κ2) is 6.46. The minimum atomic E-state index is -0.138. The Kier molecular flexibility index (Phi) is 4.12. The zero-order valence-electron chi connectivity index (χ0n) is 14.9. The van der Waals surface area contributed by atoms with E-state index in [1.54, 1.807) is 6.26 Å². The predicted octanol–water partition coefficient (Wildman–Crippen LogP) is 4.92. The van der Waals surface area contributed by atoms with Crippen LogP contribution in [0, 0.1) is 20.8 Å². The van der Waals surface area contributed by atoms with E-state index in [1.807, 2.05) is 57.2 Å². The highest BCUT2D eigenvalue weighted by molar-refractivity contribution is 7.22. The van der Waals surface area contributed by atoms with Crippen LogP contribution in [0.25, 0.3) is 10.2 Å². The first-order valence-electron chi connectivity index (χ1n) is 8.39. The van der Waals surface area contributed by atoms with Crippen molar-refractivity contribution >= 4 is 32.6 Å². The minimum absolute atomic E-state index is 0.138. The van der Waals surface area contributed by atoms with E-state index >= 15 is 0 Å². The normalized spacial score (nSPS) is 11.2. The Morgan fingerprint density at radius 2 is 2.08 bits per heavy atom. The largest absolute Gasteiger partial charge is 0.467 e. The molecule has 0 aliphatic carbocycles. The topological polar surface area (TPSA) is 60.1 Å². The Labute approximate surface area is 155 Å². The number of furan rings is 1. The third-order valence-electron chi connectivity index (χ3n) is 4.55. The number of rotatable bonds is 4. The smallest absolute Gasteiger partial charge is 0.259 e. The number of para-hydroxylation sites is 1. The predicted molar refractivity (Wildman–Crippen MR) is 104 cm³/mol. The van der Waals surface area contributed by atoms with Gasteiger partial charge < -0.3 is 8.98 Å². The van der Waals surface area contributed by atoms with E-state index in [-0.39, 0.29) is 5.91 Å². The Bertz CT molecular complexity index is 1090. The molecule has 0 atom stereocenters. The van der Waals surface area contributed by atoms with Gasteiger partial charge in [0.15, 0.2) is 5.13 Å². The first-order chi connectivity index (χ1) is 12.5. The first kappa shape index (κ1) is 16.6. The summed E-state index contributed by atoms with van der Waals surface area (Å²) < 4.78 is 8.58. The number of hydrogen-bond donors (Lipinski definition) is 1. The number of carbonyl (C=O) groups excluding carboxylic acids is 1. The number of hydrogen-bond acceptors (Lipinski definition) is 4. The van der Waals surface area contributed by atoms with Crippen molar-refractivity contribution in [1.82, 2.24) is 9.55 Å². The van der Waals surface area contributed by atoms with Crippen molar-refractivity contribution in [3.8, 4) is 0 Å². The summed E-state index contributed by atoms with van der Waals surface area (Å²) in [6.45, 7) is 6.58. The zero-order valence-corrected chi connectivity index (χ0v) is 15.7. The van der Waals surface area contributed by atoms with Gasteiger partial charge in [0.25, 0.3) is 5.91 Å². The third-order valence-corrected chi connectivity index (χ3v) is 5.49. The molecule has 132 valence electrons. The number of nitrogens with one attached hydrogen (secondary N) is 1. The Morgan fingerprint density at radius 1 is 1.23 bits per heavy atom. The second-order valence-electron chi connectivity index (χ2n) is 6.35. The standard InChI is InChI=1S/C20H19N3O2S/c1-12-6-4-8-17-18(12)21-20(26-17)22-19(24)16-10-13(2)23(14(16)3)11-15-7-5-9-25-15/h4-10H,11H2,1-3H3,(H,21,22,24). The maximum Gasteiger partial charge on any atom is 0.259 e. The molecule has 3 heterocycles. The molecule has 0 bridgehead atoms. The van der Waals surface area contributed by atoms with Gasteiger partial charge in [-0.05, 0) is 50.6 Å². The molecular weight excluding hydrogens is 346 g/mol. The number of amides is 1. The molecule has 1 aromatic carbocycles. The van der Waals surface area contributed by atoms with Gasteiger partial charge in [-0.15, -0.1) is 0 Å². The van der Waals surface area contributed by atoms with Crippen LogP contribution in [0.5, 0.6) is 0 Å². The molecule has 1 amide bonds. The van der Waals surface area contributed by atoms with Gasteiger partial charge in [-0.25, -0.2) is 4.98 Å². The summed E-state index contributed by atoms with van der Waals surface area (Å²) in [7, 11) is 0. The number of aryl methyl sites for hydroxylation is 2. The zero-order chi connectivity index (χ0) is 18.3. The van der Waals surface area contributed by atoms with Crippen molar-refractivity contribution in [3.63, 3.8) is 0 Å². The lowest BCUT2D eigenvalue weighted by atomic mass is 10.2. The van der Waals surface area contributed by atoms with Gasteiger partial charge in [-0.2, -0.15) is 0 Å². The third kappa shape index (κ3) is 2.93. The van der Waals surface area contributed by atoms with E-state index < -0.39 is 0 Å². The van der Waals surface area contributed by atoms with E-state index in [9.17, 15) is 4.79 Å². The monoisotopic (exact) mass is 365 g/mol. The summed E-state index contributed by atoms with van der Waals surface area (Å²) >= 11 is 1.49. The lowest BCUT2D eigenvalue weighted by Gasteiger charge is -2.07. The van der Waals surface area contributed by atoms with Gasteiger partial charge in [0.1, 0.15) is 5.76 Å². The van der Waals surface area contributed by atoms with Crippen LogP contribution in [0.1, 0.15) is 33.1 Å². The molecule has 6 heteroatoms. The van der Waals surface area contributed by atoms with Crippen molar-refractivity contribution < 1.29 is 9.21 Å². The fraction of sp³-hybridized carbons (Fsp3) is 0.200.